The van der Waals surface area contributed by atoms with Crippen molar-refractivity contribution in [3.05, 3.63) is 11.6 Å². The summed E-state index contributed by atoms with van der Waals surface area (Å²) in [5.41, 5.74) is 0.616. The molecular weight excluding hydrogens is 544 g/mol. The second kappa shape index (κ2) is 20.9. The molecule has 3 heterocycles. The molecule has 0 aromatic carbocycles. The van der Waals surface area contributed by atoms with Crippen molar-refractivity contribution >= 4 is 5.97 Å². The van der Waals surface area contributed by atoms with Crippen LogP contribution in [-0.2, 0) is 19.0 Å². The number of esters is 1. The molecule has 0 aromatic heterocycles. The minimum Gasteiger partial charge on any atom is -0.455 e. The minimum atomic E-state index is -0.463. The van der Waals surface area contributed by atoms with Crippen LogP contribution in [0.2, 0.25) is 0 Å². The number of hydrogen-bond donors (Lipinski definition) is 3. The van der Waals surface area contributed by atoms with Gasteiger partial charge >= 0.3 is 5.97 Å². The Labute approximate surface area is 262 Å². The topological polar surface area (TPSA) is 105 Å². The van der Waals surface area contributed by atoms with Crippen molar-refractivity contribution in [3.63, 3.8) is 0 Å². The van der Waals surface area contributed by atoms with Crippen LogP contribution in [0.5, 0.6) is 0 Å². The van der Waals surface area contributed by atoms with Crippen LogP contribution >= 0.6 is 0 Å². The van der Waals surface area contributed by atoms with Gasteiger partial charge in [0.2, 0.25) is 0 Å². The van der Waals surface area contributed by atoms with Crippen LogP contribution in [0.1, 0.15) is 162 Å². The zero-order chi connectivity index (χ0) is 30.9. The van der Waals surface area contributed by atoms with Crippen LogP contribution in [0.25, 0.3) is 0 Å². The molecule has 7 heteroatoms. The first-order valence-electron chi connectivity index (χ1n) is 18.1. The summed E-state index contributed by atoms with van der Waals surface area (Å²) < 4.78 is 17.6. The standard InChI is InChI=1S/C36H64O7/c1-3-4-5-6-9-13-16-19-30(38)32-21-23-34(42-32)35-24-22-33(43-35)31(39)20-17-14-11-8-7-10-12-15-18-29(37)26-28-25-27(2)41-36(28)40/h25,27,29-35,37-39H,3-24,26H2,1-2H3. The van der Waals surface area contributed by atoms with Crippen molar-refractivity contribution < 1.29 is 34.3 Å². The van der Waals surface area contributed by atoms with E-state index in [1.54, 1.807) is 0 Å². The molecule has 3 aliphatic heterocycles. The van der Waals surface area contributed by atoms with Gasteiger partial charge in [0.05, 0.1) is 42.7 Å². The molecule has 3 N–H and O–H groups in total. The van der Waals surface area contributed by atoms with Gasteiger partial charge in [-0.15, -0.1) is 0 Å². The lowest BCUT2D eigenvalue weighted by Gasteiger charge is -2.24. The maximum Gasteiger partial charge on any atom is 0.334 e. The van der Waals surface area contributed by atoms with E-state index in [2.05, 4.69) is 6.92 Å². The van der Waals surface area contributed by atoms with Crippen LogP contribution in [0.3, 0.4) is 0 Å². The molecule has 250 valence electrons. The minimum absolute atomic E-state index is 0.0523. The van der Waals surface area contributed by atoms with E-state index in [0.717, 1.165) is 77.0 Å². The Morgan fingerprint density at radius 1 is 0.674 bits per heavy atom. The number of carbonyl (C=O) groups is 1. The molecule has 0 spiro atoms. The molecule has 7 nitrogen and oxygen atoms in total. The summed E-state index contributed by atoms with van der Waals surface area (Å²) in [6.45, 7) is 4.08. The molecule has 8 atom stereocenters. The number of aliphatic hydroxyl groups is 3. The average molecular weight is 609 g/mol. The Morgan fingerprint density at radius 2 is 1.12 bits per heavy atom. The van der Waals surface area contributed by atoms with Gasteiger partial charge in [0.25, 0.3) is 0 Å². The third-order valence-electron chi connectivity index (χ3n) is 9.78. The molecule has 0 amide bonds. The van der Waals surface area contributed by atoms with Gasteiger partial charge in [-0.25, -0.2) is 4.79 Å². The highest BCUT2D eigenvalue weighted by Crippen LogP contribution is 2.34. The van der Waals surface area contributed by atoms with Gasteiger partial charge in [-0.3, -0.25) is 0 Å². The predicted octanol–water partition coefficient (Wildman–Crippen LogP) is 7.47. The predicted molar refractivity (Wildman–Crippen MR) is 171 cm³/mol. The normalized spacial score (nSPS) is 27.8. The monoisotopic (exact) mass is 608 g/mol. The number of cyclic esters (lactones) is 1. The van der Waals surface area contributed by atoms with Crippen LogP contribution in [-0.4, -0.2) is 70.1 Å². The first kappa shape index (κ1) is 36.5. The Morgan fingerprint density at radius 3 is 1.56 bits per heavy atom. The van der Waals surface area contributed by atoms with Crippen molar-refractivity contribution in [3.8, 4) is 0 Å². The quantitative estimate of drug-likeness (QED) is 0.0771. The highest BCUT2D eigenvalue weighted by Gasteiger charge is 2.40. The Bertz CT molecular complexity index is 786. The highest BCUT2D eigenvalue weighted by molar-refractivity contribution is 5.90. The third kappa shape index (κ3) is 13.9. The maximum absolute atomic E-state index is 11.7. The third-order valence-corrected chi connectivity index (χ3v) is 9.78. The maximum atomic E-state index is 11.7. The molecule has 3 aliphatic rings. The number of carbonyl (C=O) groups excluding carboxylic acids is 1. The molecule has 0 bridgehead atoms. The van der Waals surface area contributed by atoms with Crippen LogP contribution in [0, 0.1) is 0 Å². The number of hydrogen-bond acceptors (Lipinski definition) is 7. The van der Waals surface area contributed by atoms with E-state index < -0.39 is 12.2 Å². The Balaban J connectivity index is 1.13. The Hall–Kier alpha value is -0.990. The lowest BCUT2D eigenvalue weighted by Crippen LogP contribution is -2.33. The lowest BCUT2D eigenvalue weighted by atomic mass is 10.00. The van der Waals surface area contributed by atoms with E-state index >= 15 is 0 Å². The second-order valence-corrected chi connectivity index (χ2v) is 13.7. The summed E-state index contributed by atoms with van der Waals surface area (Å²) in [6.07, 6.45) is 24.7. The van der Waals surface area contributed by atoms with Crippen molar-refractivity contribution in [2.24, 2.45) is 0 Å². The Kier molecular flexibility index (Phi) is 17.8. The van der Waals surface area contributed by atoms with Gasteiger partial charge < -0.3 is 29.5 Å². The van der Waals surface area contributed by atoms with E-state index in [9.17, 15) is 20.1 Å². The van der Waals surface area contributed by atoms with E-state index in [1.165, 1.54) is 64.2 Å². The average Bonchev–Trinajstić information content (AvgIpc) is 3.73. The van der Waals surface area contributed by atoms with Crippen molar-refractivity contribution in [1.29, 1.82) is 0 Å². The van der Waals surface area contributed by atoms with Crippen molar-refractivity contribution in [1.82, 2.24) is 0 Å². The summed E-state index contributed by atoms with van der Waals surface area (Å²) in [7, 11) is 0. The molecule has 3 rings (SSSR count). The van der Waals surface area contributed by atoms with Gasteiger partial charge in [-0.2, -0.15) is 0 Å². The fourth-order valence-electron chi connectivity index (χ4n) is 7.11. The molecule has 0 aliphatic carbocycles. The molecule has 0 saturated carbocycles. The van der Waals surface area contributed by atoms with E-state index in [4.69, 9.17) is 14.2 Å². The summed E-state index contributed by atoms with van der Waals surface area (Å²) >= 11 is 0. The van der Waals surface area contributed by atoms with Gasteiger partial charge in [-0.1, -0.05) is 103 Å². The molecule has 0 radical (unpaired) electrons. The molecule has 8 unspecified atom stereocenters. The summed E-state index contributed by atoms with van der Waals surface area (Å²) in [5.74, 6) is -0.281. The number of rotatable bonds is 24. The molecule has 43 heavy (non-hydrogen) atoms. The molecule has 2 fully saturated rings. The fraction of sp³-hybridized carbons (Fsp3) is 0.917. The zero-order valence-corrected chi connectivity index (χ0v) is 27.4. The first-order chi connectivity index (χ1) is 20.9. The summed E-state index contributed by atoms with van der Waals surface area (Å²) in [4.78, 5) is 11.7. The number of unbranched alkanes of at least 4 members (excludes halogenated alkanes) is 13. The van der Waals surface area contributed by atoms with Gasteiger partial charge in [0, 0.05) is 12.0 Å². The summed E-state index contributed by atoms with van der Waals surface area (Å²) in [5, 5.41) is 31.6. The van der Waals surface area contributed by atoms with Crippen molar-refractivity contribution in [2.75, 3.05) is 0 Å². The lowest BCUT2D eigenvalue weighted by molar-refractivity contribution is -0.139. The van der Waals surface area contributed by atoms with E-state index in [-0.39, 0.29) is 42.6 Å². The highest BCUT2D eigenvalue weighted by atomic mass is 16.6. The van der Waals surface area contributed by atoms with E-state index in [0.29, 0.717) is 12.0 Å². The summed E-state index contributed by atoms with van der Waals surface area (Å²) in [6, 6.07) is 0. The fourth-order valence-corrected chi connectivity index (χ4v) is 7.11. The smallest absolute Gasteiger partial charge is 0.334 e. The first-order valence-corrected chi connectivity index (χ1v) is 18.1. The number of ether oxygens (including phenoxy) is 3. The van der Waals surface area contributed by atoms with Crippen molar-refractivity contribution in [2.45, 2.75) is 210 Å². The molecule has 0 aromatic rings. The van der Waals surface area contributed by atoms with E-state index in [1.807, 2.05) is 13.0 Å². The molecular formula is C36H64O7. The van der Waals surface area contributed by atoms with Gasteiger partial charge in [0.15, 0.2) is 0 Å². The SMILES string of the molecule is CCCCCCCCCC(O)C1CCC(C2CCC(C(O)CCCCCCCCCCC(O)CC3=CC(C)OC3=O)O2)O1. The van der Waals surface area contributed by atoms with Crippen LogP contribution in [0.4, 0.5) is 0 Å². The van der Waals surface area contributed by atoms with Crippen LogP contribution in [0.15, 0.2) is 11.6 Å². The molecule has 2 saturated heterocycles. The van der Waals surface area contributed by atoms with Crippen LogP contribution < -0.4 is 0 Å². The van der Waals surface area contributed by atoms with Gasteiger partial charge in [-0.05, 0) is 57.9 Å². The second-order valence-electron chi connectivity index (χ2n) is 13.7. The van der Waals surface area contributed by atoms with Gasteiger partial charge in [0.1, 0.15) is 6.10 Å². The zero-order valence-electron chi connectivity index (χ0n) is 27.4. The number of aliphatic hydroxyl groups excluding tert-OH is 3. The largest absolute Gasteiger partial charge is 0.455 e.